The average molecular weight is 251 g/mol. The van der Waals surface area contributed by atoms with E-state index in [0.29, 0.717) is 12.5 Å². The van der Waals surface area contributed by atoms with Gasteiger partial charge in [0.25, 0.3) is 0 Å². The van der Waals surface area contributed by atoms with Crippen molar-refractivity contribution in [3.8, 4) is 0 Å². The van der Waals surface area contributed by atoms with Crippen molar-refractivity contribution in [2.75, 3.05) is 0 Å². The highest BCUT2D eigenvalue weighted by Gasteiger charge is 2.22. The predicted octanol–water partition coefficient (Wildman–Crippen LogP) is 4.82. The third-order valence-electron chi connectivity index (χ3n) is 2.17. The lowest BCUT2D eigenvalue weighted by molar-refractivity contribution is 0.368. The summed E-state index contributed by atoms with van der Waals surface area (Å²) in [5.74, 6) is -3.07. The quantitative estimate of drug-likeness (QED) is 0.521. The van der Waals surface area contributed by atoms with Gasteiger partial charge in [-0.05, 0) is 17.9 Å². The van der Waals surface area contributed by atoms with E-state index in [4.69, 9.17) is 11.6 Å². The maximum absolute atomic E-state index is 13.4. The number of benzene rings is 1. The highest BCUT2D eigenvalue weighted by atomic mass is 35.5. The molecule has 1 unspecified atom stereocenters. The number of rotatable bonds is 2. The summed E-state index contributed by atoms with van der Waals surface area (Å²) in [4.78, 5) is 0. The highest BCUT2D eigenvalue weighted by Crippen LogP contribution is 2.35. The monoisotopic (exact) mass is 250 g/mol. The van der Waals surface area contributed by atoms with Crippen LogP contribution in [-0.4, -0.2) is 0 Å². The Hall–Kier alpha value is -0.700. The standard InChI is InChI=1S/C12H14ClF3/c1-12(2,3)6-8(13)7-4-10(15)11(16)5-9(7)14/h4-5,8H,6H2,1-3H3. The molecule has 0 bridgehead atoms. The smallest absolute Gasteiger partial charge is 0.161 e. The van der Waals surface area contributed by atoms with Crippen molar-refractivity contribution in [2.45, 2.75) is 32.6 Å². The summed E-state index contributed by atoms with van der Waals surface area (Å²) in [5.41, 5.74) is -0.0977. The third-order valence-corrected chi connectivity index (χ3v) is 2.56. The first kappa shape index (κ1) is 13.4. The Labute approximate surface area is 98.4 Å². The minimum atomic E-state index is -1.19. The van der Waals surface area contributed by atoms with Gasteiger partial charge in [-0.25, -0.2) is 13.2 Å². The van der Waals surface area contributed by atoms with E-state index < -0.39 is 22.8 Å². The number of halogens is 4. The first-order valence-corrected chi connectivity index (χ1v) is 5.43. The summed E-state index contributed by atoms with van der Waals surface area (Å²) in [5, 5.41) is -0.657. The first-order chi connectivity index (χ1) is 7.20. The topological polar surface area (TPSA) is 0 Å². The van der Waals surface area contributed by atoms with Crippen LogP contribution in [0, 0.1) is 22.9 Å². The van der Waals surface area contributed by atoms with E-state index in [1.54, 1.807) is 0 Å². The molecule has 0 aliphatic heterocycles. The summed E-state index contributed by atoms with van der Waals surface area (Å²) in [6, 6.07) is 1.36. The van der Waals surface area contributed by atoms with Crippen LogP contribution in [-0.2, 0) is 0 Å². The van der Waals surface area contributed by atoms with E-state index in [9.17, 15) is 13.2 Å². The Morgan fingerprint density at radius 1 is 1.06 bits per heavy atom. The van der Waals surface area contributed by atoms with Crippen LogP contribution in [0.4, 0.5) is 13.2 Å². The van der Waals surface area contributed by atoms with Gasteiger partial charge in [0.1, 0.15) is 5.82 Å². The molecular formula is C12H14ClF3. The molecule has 0 spiro atoms. The molecule has 1 rings (SSSR count). The lowest BCUT2D eigenvalue weighted by Gasteiger charge is -2.22. The molecule has 1 aromatic carbocycles. The van der Waals surface area contributed by atoms with Crippen molar-refractivity contribution < 1.29 is 13.2 Å². The molecule has 0 heterocycles. The summed E-state index contributed by atoms with van der Waals surface area (Å²) in [6.45, 7) is 5.83. The van der Waals surface area contributed by atoms with Crippen LogP contribution in [0.15, 0.2) is 12.1 Å². The van der Waals surface area contributed by atoms with Gasteiger partial charge in [0.05, 0.1) is 5.38 Å². The molecule has 4 heteroatoms. The molecule has 0 saturated heterocycles. The van der Waals surface area contributed by atoms with Gasteiger partial charge in [-0.1, -0.05) is 20.8 Å². The van der Waals surface area contributed by atoms with Gasteiger partial charge in [0.15, 0.2) is 11.6 Å². The van der Waals surface area contributed by atoms with E-state index in [-0.39, 0.29) is 11.0 Å². The number of alkyl halides is 1. The zero-order chi connectivity index (χ0) is 12.5. The maximum Gasteiger partial charge on any atom is 0.161 e. The SMILES string of the molecule is CC(C)(C)CC(Cl)c1cc(F)c(F)cc1F. The summed E-state index contributed by atoms with van der Waals surface area (Å²) in [7, 11) is 0. The molecule has 0 amide bonds. The highest BCUT2D eigenvalue weighted by molar-refractivity contribution is 6.20. The van der Waals surface area contributed by atoms with Crippen molar-refractivity contribution in [2.24, 2.45) is 5.41 Å². The largest absolute Gasteiger partial charge is 0.207 e. The fourth-order valence-corrected chi connectivity index (χ4v) is 2.06. The van der Waals surface area contributed by atoms with Crippen molar-refractivity contribution in [1.29, 1.82) is 0 Å². The Kier molecular flexibility index (Phi) is 3.89. The van der Waals surface area contributed by atoms with Crippen molar-refractivity contribution in [3.63, 3.8) is 0 Å². The minimum absolute atomic E-state index is 0.00971. The van der Waals surface area contributed by atoms with Gasteiger partial charge in [-0.15, -0.1) is 11.6 Å². The Balaban J connectivity index is 3.00. The molecule has 90 valence electrons. The van der Waals surface area contributed by atoms with Gasteiger partial charge < -0.3 is 0 Å². The van der Waals surface area contributed by atoms with Gasteiger partial charge in [0.2, 0.25) is 0 Å². The minimum Gasteiger partial charge on any atom is -0.207 e. The molecule has 1 aromatic rings. The van der Waals surface area contributed by atoms with Crippen molar-refractivity contribution >= 4 is 11.6 Å². The van der Waals surface area contributed by atoms with Crippen LogP contribution >= 0.6 is 11.6 Å². The number of hydrogen-bond donors (Lipinski definition) is 0. The Morgan fingerprint density at radius 2 is 1.56 bits per heavy atom. The molecule has 0 aliphatic carbocycles. The summed E-state index contributed by atoms with van der Waals surface area (Å²) < 4.78 is 39.0. The van der Waals surface area contributed by atoms with Gasteiger partial charge >= 0.3 is 0 Å². The van der Waals surface area contributed by atoms with Crippen LogP contribution < -0.4 is 0 Å². The number of hydrogen-bond acceptors (Lipinski definition) is 0. The maximum atomic E-state index is 13.4. The molecule has 1 atom stereocenters. The van der Waals surface area contributed by atoms with Crippen LogP contribution in [0.2, 0.25) is 0 Å². The van der Waals surface area contributed by atoms with Crippen molar-refractivity contribution in [3.05, 3.63) is 35.1 Å². The molecule has 0 saturated carbocycles. The fourth-order valence-electron chi connectivity index (χ4n) is 1.43. The molecular weight excluding hydrogens is 237 g/mol. The summed E-state index contributed by atoms with van der Waals surface area (Å²) >= 11 is 5.99. The molecule has 0 fully saturated rings. The third kappa shape index (κ3) is 3.41. The van der Waals surface area contributed by atoms with Gasteiger partial charge in [-0.2, -0.15) is 0 Å². The van der Waals surface area contributed by atoms with Crippen LogP contribution in [0.5, 0.6) is 0 Å². The predicted molar refractivity (Wildman–Crippen MR) is 59.0 cm³/mol. The molecule has 0 aliphatic rings. The van der Waals surface area contributed by atoms with Crippen LogP contribution in [0.3, 0.4) is 0 Å². The molecule has 0 aromatic heterocycles. The average Bonchev–Trinajstić information content (AvgIpc) is 2.08. The normalized spacial score (nSPS) is 13.9. The molecule has 0 radical (unpaired) electrons. The lowest BCUT2D eigenvalue weighted by atomic mass is 9.88. The molecule has 0 N–H and O–H groups in total. The first-order valence-electron chi connectivity index (χ1n) is 4.99. The molecule has 16 heavy (non-hydrogen) atoms. The van der Waals surface area contributed by atoms with Gasteiger partial charge in [-0.3, -0.25) is 0 Å². The van der Waals surface area contributed by atoms with E-state index in [1.165, 1.54) is 0 Å². The van der Waals surface area contributed by atoms with E-state index in [1.807, 2.05) is 20.8 Å². The Bertz CT molecular complexity index is 383. The summed E-state index contributed by atoms with van der Waals surface area (Å²) in [6.07, 6.45) is 0.483. The Morgan fingerprint density at radius 3 is 2.06 bits per heavy atom. The van der Waals surface area contributed by atoms with Crippen LogP contribution in [0.25, 0.3) is 0 Å². The zero-order valence-electron chi connectivity index (χ0n) is 9.45. The fraction of sp³-hybridized carbons (Fsp3) is 0.500. The van der Waals surface area contributed by atoms with Gasteiger partial charge in [0, 0.05) is 11.6 Å². The zero-order valence-corrected chi connectivity index (χ0v) is 10.2. The van der Waals surface area contributed by atoms with E-state index in [2.05, 4.69) is 0 Å². The van der Waals surface area contributed by atoms with E-state index in [0.717, 1.165) is 6.07 Å². The second-order valence-electron chi connectivity index (χ2n) is 5.02. The second kappa shape index (κ2) is 4.66. The van der Waals surface area contributed by atoms with Crippen LogP contribution in [0.1, 0.15) is 38.1 Å². The van der Waals surface area contributed by atoms with Crippen molar-refractivity contribution in [1.82, 2.24) is 0 Å². The lowest BCUT2D eigenvalue weighted by Crippen LogP contribution is -2.10. The second-order valence-corrected chi connectivity index (χ2v) is 5.55. The molecule has 0 nitrogen and oxygen atoms in total. The van der Waals surface area contributed by atoms with E-state index >= 15 is 0 Å².